The second kappa shape index (κ2) is 6.96. The number of rotatable bonds is 2. The molecule has 0 aromatic heterocycles. The number of amides is 2. The van der Waals surface area contributed by atoms with Crippen LogP contribution < -0.4 is 10.6 Å². The van der Waals surface area contributed by atoms with Crippen LogP contribution in [0.3, 0.4) is 0 Å². The smallest absolute Gasteiger partial charge is 0.243 e. The Bertz CT molecular complexity index is 908. The zero-order valence-corrected chi connectivity index (χ0v) is 18.4. The fraction of sp³-hybridized carbons (Fsp3) is 0.615. The molecule has 1 heterocycles. The fourth-order valence-corrected chi connectivity index (χ4v) is 7.70. The molecule has 5 rings (SSSR count). The molecule has 4 aliphatic rings. The molecule has 0 radical (unpaired) electrons. The number of para-hydroxylation sites is 1. The number of anilines is 1. The number of carbonyl (C=O) groups is 2. The van der Waals surface area contributed by atoms with Crippen LogP contribution in [-0.2, 0) is 9.59 Å². The van der Waals surface area contributed by atoms with Crippen molar-refractivity contribution in [3.63, 3.8) is 0 Å². The normalized spacial score (nSPS) is 42.0. The summed E-state index contributed by atoms with van der Waals surface area (Å²) in [5.41, 5.74) is 2.20. The Morgan fingerprint density at radius 2 is 1.87 bits per heavy atom. The van der Waals surface area contributed by atoms with Crippen LogP contribution in [0.2, 0.25) is 0 Å². The van der Waals surface area contributed by atoms with E-state index < -0.39 is 0 Å². The number of benzene rings is 1. The van der Waals surface area contributed by atoms with Crippen molar-refractivity contribution in [1.82, 2.24) is 5.32 Å². The minimum absolute atomic E-state index is 0.0552. The first-order valence-electron chi connectivity index (χ1n) is 11.7. The van der Waals surface area contributed by atoms with Gasteiger partial charge in [-0.2, -0.15) is 0 Å². The molecule has 0 bridgehead atoms. The van der Waals surface area contributed by atoms with Crippen LogP contribution in [0.4, 0.5) is 5.69 Å². The van der Waals surface area contributed by atoms with E-state index in [2.05, 4.69) is 43.5 Å². The lowest BCUT2D eigenvalue weighted by atomic mass is 9.48. The van der Waals surface area contributed by atoms with Gasteiger partial charge < -0.3 is 10.6 Å². The maximum atomic E-state index is 13.3. The van der Waals surface area contributed by atoms with Gasteiger partial charge in [-0.15, -0.1) is 0 Å². The van der Waals surface area contributed by atoms with Crippen molar-refractivity contribution in [2.24, 2.45) is 34.5 Å². The van der Waals surface area contributed by atoms with Crippen molar-refractivity contribution < 1.29 is 9.59 Å². The summed E-state index contributed by atoms with van der Waals surface area (Å²) >= 11 is 0. The van der Waals surface area contributed by atoms with E-state index >= 15 is 0 Å². The molecule has 1 aliphatic heterocycles. The average molecular weight is 407 g/mol. The number of hydrogen-bond donors (Lipinski definition) is 2. The number of fused-ring (bicyclic) bond motifs is 5. The van der Waals surface area contributed by atoms with E-state index in [1.807, 2.05) is 18.2 Å². The lowest BCUT2D eigenvalue weighted by molar-refractivity contribution is -0.129. The Morgan fingerprint density at radius 1 is 1.07 bits per heavy atom. The summed E-state index contributed by atoms with van der Waals surface area (Å²) in [6.45, 7) is 6.79. The van der Waals surface area contributed by atoms with Crippen LogP contribution in [0.1, 0.15) is 57.9 Å². The highest BCUT2D eigenvalue weighted by atomic mass is 16.2. The van der Waals surface area contributed by atoms with Crippen LogP contribution in [0, 0.1) is 41.4 Å². The van der Waals surface area contributed by atoms with Crippen molar-refractivity contribution in [2.45, 2.75) is 65.3 Å². The number of carbonyl (C=O) groups excluding carboxylic acids is 2. The molecule has 3 fully saturated rings. The number of nitrogens with one attached hydrogen (secondary N) is 2. The molecule has 7 atom stereocenters. The molecular weight excluding hydrogens is 372 g/mol. The molecule has 2 N–H and O–H groups in total. The summed E-state index contributed by atoms with van der Waals surface area (Å²) in [5, 5.41) is 6.47. The molecule has 1 aromatic carbocycles. The van der Waals surface area contributed by atoms with Crippen LogP contribution >= 0.6 is 0 Å². The van der Waals surface area contributed by atoms with Gasteiger partial charge >= 0.3 is 0 Å². The van der Waals surface area contributed by atoms with Crippen molar-refractivity contribution >= 4 is 17.5 Å². The minimum Gasteiger partial charge on any atom is -0.349 e. The van der Waals surface area contributed by atoms with Crippen LogP contribution in [-0.4, -0.2) is 17.9 Å². The molecule has 30 heavy (non-hydrogen) atoms. The van der Waals surface area contributed by atoms with Crippen LogP contribution in [0.5, 0.6) is 0 Å². The third-order valence-electron chi connectivity index (χ3n) is 9.41. The molecule has 160 valence electrons. The fourth-order valence-electron chi connectivity index (χ4n) is 7.70. The molecule has 1 aromatic rings. The second-order valence-electron chi connectivity index (χ2n) is 10.7. The highest BCUT2D eigenvalue weighted by Crippen LogP contribution is 2.65. The van der Waals surface area contributed by atoms with E-state index in [4.69, 9.17) is 0 Å². The van der Waals surface area contributed by atoms with Crippen molar-refractivity contribution in [1.29, 1.82) is 0 Å². The quantitative estimate of drug-likeness (QED) is 0.738. The number of aryl methyl sites for hydroxylation is 1. The second-order valence-corrected chi connectivity index (χ2v) is 10.7. The molecule has 0 spiro atoms. The predicted molar refractivity (Wildman–Crippen MR) is 119 cm³/mol. The maximum absolute atomic E-state index is 13.3. The van der Waals surface area contributed by atoms with Gasteiger partial charge in [-0.3, -0.25) is 9.59 Å². The minimum atomic E-state index is 0.0552. The highest BCUT2D eigenvalue weighted by molar-refractivity contribution is 5.94. The van der Waals surface area contributed by atoms with E-state index in [1.165, 1.54) is 6.42 Å². The molecule has 2 amide bonds. The molecule has 3 aliphatic carbocycles. The van der Waals surface area contributed by atoms with Crippen molar-refractivity contribution in [3.05, 3.63) is 42.0 Å². The van der Waals surface area contributed by atoms with E-state index in [0.29, 0.717) is 17.8 Å². The standard InChI is InChI=1S/C26H34N2O2/c1-16-6-4-5-7-21(16)27-24(30)20-10-9-18-17-8-11-22-26(3,15-13-23(29)28-22)19(17)12-14-25(18,20)2/h4-7,13,15,17-20,22H,8-12,14H2,1-3H3,(H,27,30)(H,28,29)/t17-,18-,19-,20+,22+,25-,26+/m0/s1. The summed E-state index contributed by atoms with van der Waals surface area (Å²) in [7, 11) is 0. The Morgan fingerprint density at radius 3 is 2.67 bits per heavy atom. The van der Waals surface area contributed by atoms with Gasteiger partial charge in [-0.25, -0.2) is 0 Å². The van der Waals surface area contributed by atoms with Crippen molar-refractivity contribution in [3.8, 4) is 0 Å². The van der Waals surface area contributed by atoms with Gasteiger partial charge in [0.2, 0.25) is 11.8 Å². The van der Waals surface area contributed by atoms with Gasteiger partial charge in [0.05, 0.1) is 0 Å². The van der Waals surface area contributed by atoms with E-state index in [9.17, 15) is 9.59 Å². The first-order chi connectivity index (χ1) is 14.3. The monoisotopic (exact) mass is 406 g/mol. The summed E-state index contributed by atoms with van der Waals surface area (Å²) in [6, 6.07) is 8.32. The van der Waals surface area contributed by atoms with E-state index in [0.717, 1.165) is 43.4 Å². The van der Waals surface area contributed by atoms with Gasteiger partial charge in [-0.1, -0.05) is 38.1 Å². The molecule has 4 heteroatoms. The largest absolute Gasteiger partial charge is 0.349 e. The summed E-state index contributed by atoms with van der Waals surface area (Å²) in [6.07, 6.45) is 10.6. The van der Waals surface area contributed by atoms with Crippen molar-refractivity contribution in [2.75, 3.05) is 5.32 Å². The lowest BCUT2D eigenvalue weighted by Gasteiger charge is -2.58. The number of hydrogen-bond acceptors (Lipinski definition) is 2. The topological polar surface area (TPSA) is 58.2 Å². The Labute approximate surface area is 179 Å². The maximum Gasteiger partial charge on any atom is 0.243 e. The Balaban J connectivity index is 1.38. The molecule has 3 saturated carbocycles. The van der Waals surface area contributed by atoms with Gasteiger partial charge in [0.1, 0.15) is 0 Å². The van der Waals surface area contributed by atoms with E-state index in [1.54, 1.807) is 6.08 Å². The zero-order valence-electron chi connectivity index (χ0n) is 18.4. The van der Waals surface area contributed by atoms with Gasteiger partial charge in [0.15, 0.2) is 0 Å². The summed E-state index contributed by atoms with van der Waals surface area (Å²) < 4.78 is 0. The third kappa shape index (κ3) is 2.86. The predicted octanol–water partition coefficient (Wildman–Crippen LogP) is 4.85. The Hall–Kier alpha value is -2.10. The SMILES string of the molecule is Cc1ccccc1NC(=O)[C@H]1CC[C@H]2[C@@H]3CC[C@H]4NC(=O)C=C[C@]4(C)[C@H]3CC[C@]12C. The summed E-state index contributed by atoms with van der Waals surface area (Å²) in [4.78, 5) is 25.2. The van der Waals surface area contributed by atoms with Crippen LogP contribution in [0.15, 0.2) is 36.4 Å². The highest BCUT2D eigenvalue weighted by Gasteiger charge is 2.60. The molecule has 0 unspecified atom stereocenters. The zero-order chi connectivity index (χ0) is 21.1. The molecular formula is C26H34N2O2. The third-order valence-corrected chi connectivity index (χ3v) is 9.41. The first kappa shape index (κ1) is 19.8. The van der Waals surface area contributed by atoms with E-state index in [-0.39, 0.29) is 34.6 Å². The first-order valence-corrected chi connectivity index (χ1v) is 11.7. The van der Waals surface area contributed by atoms with Gasteiger partial charge in [0.25, 0.3) is 0 Å². The van der Waals surface area contributed by atoms with Crippen LogP contribution in [0.25, 0.3) is 0 Å². The average Bonchev–Trinajstić information content (AvgIpc) is 3.07. The molecule has 4 nitrogen and oxygen atoms in total. The summed E-state index contributed by atoms with van der Waals surface area (Å²) in [5.74, 6) is 2.22. The lowest BCUT2D eigenvalue weighted by Crippen LogP contribution is -2.59. The molecule has 0 saturated heterocycles. The van der Waals surface area contributed by atoms with Gasteiger partial charge in [0, 0.05) is 23.1 Å². The Kier molecular flexibility index (Phi) is 4.61. The van der Waals surface area contributed by atoms with Gasteiger partial charge in [-0.05, 0) is 86.3 Å².